The van der Waals surface area contributed by atoms with Gasteiger partial charge in [-0.1, -0.05) is 11.6 Å². The largest absolute Gasteiger partial charge is 0.483 e. The summed E-state index contributed by atoms with van der Waals surface area (Å²) in [5, 5.41) is 15.5. The predicted octanol–water partition coefficient (Wildman–Crippen LogP) is 2.81. The van der Waals surface area contributed by atoms with E-state index in [2.05, 4.69) is 10.5 Å². The number of nitrogens with zero attached hydrogens (tertiary/aromatic N) is 2. The number of nitro groups is 1. The van der Waals surface area contributed by atoms with Crippen molar-refractivity contribution in [1.29, 1.82) is 0 Å². The first-order valence-electron chi connectivity index (χ1n) is 7.73. The first kappa shape index (κ1) is 18.5. The van der Waals surface area contributed by atoms with Crippen molar-refractivity contribution in [2.45, 2.75) is 6.92 Å². The lowest BCUT2D eigenvalue weighted by atomic mass is 10.1. The molecule has 0 unspecified atom stereocenters. The Morgan fingerprint density at radius 1 is 1.37 bits per heavy atom. The number of ether oxygens (including phenoxy) is 3. The van der Waals surface area contributed by atoms with E-state index in [9.17, 15) is 14.9 Å². The van der Waals surface area contributed by atoms with Gasteiger partial charge in [0.15, 0.2) is 18.1 Å². The highest BCUT2D eigenvalue weighted by Gasteiger charge is 2.22. The van der Waals surface area contributed by atoms with Gasteiger partial charge in [0.1, 0.15) is 5.75 Å². The standard InChI is InChI=1S/C17H14ClN3O6/c1-10-4-12(18)2-3-14(10)25-8-17(22)20-19-7-11-5-15-16(27-9-26-15)6-13(11)21(23)24/h2-7H,8-9H2,1H3,(H,20,22). The van der Waals surface area contributed by atoms with Crippen molar-refractivity contribution < 1.29 is 23.9 Å². The fourth-order valence-electron chi connectivity index (χ4n) is 2.33. The minimum Gasteiger partial charge on any atom is -0.483 e. The third-order valence-electron chi connectivity index (χ3n) is 3.61. The Morgan fingerprint density at radius 3 is 2.81 bits per heavy atom. The summed E-state index contributed by atoms with van der Waals surface area (Å²) in [6.45, 7) is 1.52. The molecule has 10 heteroatoms. The molecule has 0 bridgehead atoms. The molecular formula is C17H14ClN3O6. The van der Waals surface area contributed by atoms with E-state index < -0.39 is 10.8 Å². The summed E-state index contributed by atoms with van der Waals surface area (Å²) in [6, 6.07) is 7.69. The van der Waals surface area contributed by atoms with Gasteiger partial charge in [-0.05, 0) is 36.8 Å². The highest BCUT2D eigenvalue weighted by molar-refractivity contribution is 6.30. The van der Waals surface area contributed by atoms with Crippen LogP contribution in [0.1, 0.15) is 11.1 Å². The molecule has 0 aliphatic carbocycles. The molecule has 0 saturated carbocycles. The molecule has 0 atom stereocenters. The quantitative estimate of drug-likeness (QED) is 0.460. The summed E-state index contributed by atoms with van der Waals surface area (Å²) in [5.41, 5.74) is 2.99. The van der Waals surface area contributed by atoms with Crippen LogP contribution in [0.2, 0.25) is 5.02 Å². The van der Waals surface area contributed by atoms with Crippen molar-refractivity contribution in [2.24, 2.45) is 5.10 Å². The number of hydrogen-bond donors (Lipinski definition) is 1. The second kappa shape index (κ2) is 7.92. The predicted molar refractivity (Wildman–Crippen MR) is 96.6 cm³/mol. The number of carbonyl (C=O) groups excluding carboxylic acids is 1. The maximum absolute atomic E-state index is 11.8. The van der Waals surface area contributed by atoms with Gasteiger partial charge in [-0.25, -0.2) is 5.43 Å². The number of nitrogens with one attached hydrogen (secondary N) is 1. The zero-order valence-electron chi connectivity index (χ0n) is 14.1. The summed E-state index contributed by atoms with van der Waals surface area (Å²) in [6.07, 6.45) is 1.16. The fraction of sp³-hybridized carbons (Fsp3) is 0.176. The molecule has 1 aliphatic rings. The van der Waals surface area contributed by atoms with E-state index in [0.717, 1.165) is 11.8 Å². The van der Waals surface area contributed by atoms with Crippen molar-refractivity contribution in [3.05, 3.63) is 56.6 Å². The number of hydrogen-bond acceptors (Lipinski definition) is 7. The summed E-state index contributed by atoms with van der Waals surface area (Å²) >= 11 is 5.86. The van der Waals surface area contributed by atoms with Crippen LogP contribution in [0.3, 0.4) is 0 Å². The number of fused-ring (bicyclic) bond motifs is 1. The van der Waals surface area contributed by atoms with Crippen LogP contribution in [0.25, 0.3) is 0 Å². The van der Waals surface area contributed by atoms with Crippen LogP contribution in [0.15, 0.2) is 35.4 Å². The first-order valence-corrected chi connectivity index (χ1v) is 8.10. The SMILES string of the molecule is Cc1cc(Cl)ccc1OCC(=O)NN=Cc1cc2c(cc1[N+](=O)[O-])OCO2. The van der Waals surface area contributed by atoms with Gasteiger partial charge in [0.2, 0.25) is 6.79 Å². The van der Waals surface area contributed by atoms with Gasteiger partial charge in [-0.3, -0.25) is 14.9 Å². The third kappa shape index (κ3) is 4.45. The summed E-state index contributed by atoms with van der Waals surface area (Å²) < 4.78 is 15.7. The molecule has 2 aromatic rings. The van der Waals surface area contributed by atoms with Gasteiger partial charge in [-0.2, -0.15) is 5.10 Å². The molecule has 1 heterocycles. The molecule has 0 aromatic heterocycles. The molecule has 1 aliphatic heterocycles. The van der Waals surface area contributed by atoms with E-state index in [1.165, 1.54) is 12.1 Å². The van der Waals surface area contributed by atoms with E-state index in [4.69, 9.17) is 25.8 Å². The molecule has 27 heavy (non-hydrogen) atoms. The monoisotopic (exact) mass is 391 g/mol. The molecule has 0 fully saturated rings. The zero-order valence-corrected chi connectivity index (χ0v) is 14.9. The molecule has 3 rings (SSSR count). The minimum absolute atomic E-state index is 0.00866. The van der Waals surface area contributed by atoms with E-state index in [1.807, 2.05) is 0 Å². The van der Waals surface area contributed by atoms with Crippen molar-refractivity contribution >= 4 is 29.4 Å². The maximum Gasteiger partial charge on any atom is 0.282 e. The van der Waals surface area contributed by atoms with Crippen LogP contribution in [0.4, 0.5) is 5.69 Å². The summed E-state index contributed by atoms with van der Waals surface area (Å²) in [4.78, 5) is 22.4. The third-order valence-corrected chi connectivity index (χ3v) is 3.84. The Morgan fingerprint density at radius 2 is 2.11 bits per heavy atom. The van der Waals surface area contributed by atoms with Crippen molar-refractivity contribution in [1.82, 2.24) is 5.43 Å². The average molecular weight is 392 g/mol. The van der Waals surface area contributed by atoms with Gasteiger partial charge in [0, 0.05) is 5.02 Å². The Balaban J connectivity index is 1.62. The Kier molecular flexibility index (Phi) is 5.41. The minimum atomic E-state index is -0.572. The van der Waals surface area contributed by atoms with Gasteiger partial charge in [0.05, 0.1) is 22.8 Å². The molecular weight excluding hydrogens is 378 g/mol. The molecule has 1 amide bonds. The molecule has 1 N–H and O–H groups in total. The van der Waals surface area contributed by atoms with Crippen LogP contribution < -0.4 is 19.6 Å². The van der Waals surface area contributed by atoms with E-state index >= 15 is 0 Å². The van der Waals surface area contributed by atoms with Crippen LogP contribution in [-0.4, -0.2) is 30.4 Å². The van der Waals surface area contributed by atoms with Crippen LogP contribution in [0.5, 0.6) is 17.2 Å². The van der Waals surface area contributed by atoms with Gasteiger partial charge < -0.3 is 14.2 Å². The lowest BCUT2D eigenvalue weighted by molar-refractivity contribution is -0.385. The Bertz CT molecular complexity index is 931. The molecule has 0 spiro atoms. The summed E-state index contributed by atoms with van der Waals surface area (Å²) in [5.74, 6) is 0.651. The second-order valence-electron chi connectivity index (χ2n) is 5.51. The van der Waals surface area contributed by atoms with E-state index in [1.54, 1.807) is 25.1 Å². The number of halogens is 1. The van der Waals surface area contributed by atoms with Crippen LogP contribution in [0, 0.1) is 17.0 Å². The summed E-state index contributed by atoms with van der Waals surface area (Å²) in [7, 11) is 0. The second-order valence-corrected chi connectivity index (χ2v) is 5.95. The molecule has 9 nitrogen and oxygen atoms in total. The number of benzene rings is 2. The molecule has 2 aromatic carbocycles. The normalized spacial score (nSPS) is 12.2. The highest BCUT2D eigenvalue weighted by atomic mass is 35.5. The van der Waals surface area contributed by atoms with Gasteiger partial charge in [-0.15, -0.1) is 0 Å². The zero-order chi connectivity index (χ0) is 19.4. The van der Waals surface area contributed by atoms with Gasteiger partial charge in [0.25, 0.3) is 11.6 Å². The average Bonchev–Trinajstić information content (AvgIpc) is 3.07. The van der Waals surface area contributed by atoms with Gasteiger partial charge >= 0.3 is 0 Å². The Labute approximate surface area is 158 Å². The molecule has 0 radical (unpaired) electrons. The number of nitro benzene ring substituents is 1. The Hall–Kier alpha value is -3.33. The number of aryl methyl sites for hydroxylation is 1. The molecule has 140 valence electrons. The first-order chi connectivity index (χ1) is 12.9. The van der Waals surface area contributed by atoms with Crippen molar-refractivity contribution in [2.75, 3.05) is 13.4 Å². The van der Waals surface area contributed by atoms with Crippen molar-refractivity contribution in [3.63, 3.8) is 0 Å². The lowest BCUT2D eigenvalue weighted by Crippen LogP contribution is -2.24. The number of amides is 1. The van der Waals surface area contributed by atoms with Crippen LogP contribution in [-0.2, 0) is 4.79 Å². The van der Waals surface area contributed by atoms with Crippen LogP contribution >= 0.6 is 11.6 Å². The number of rotatable bonds is 6. The van der Waals surface area contributed by atoms with E-state index in [-0.39, 0.29) is 30.4 Å². The maximum atomic E-state index is 11.8. The number of carbonyl (C=O) groups is 1. The molecule has 0 saturated heterocycles. The number of hydrazone groups is 1. The smallest absolute Gasteiger partial charge is 0.282 e. The highest BCUT2D eigenvalue weighted by Crippen LogP contribution is 2.37. The fourth-order valence-corrected chi connectivity index (χ4v) is 2.56. The van der Waals surface area contributed by atoms with E-state index in [0.29, 0.717) is 16.5 Å². The van der Waals surface area contributed by atoms with Crippen molar-refractivity contribution in [3.8, 4) is 17.2 Å². The lowest BCUT2D eigenvalue weighted by Gasteiger charge is -2.08. The topological polar surface area (TPSA) is 112 Å².